The summed E-state index contributed by atoms with van der Waals surface area (Å²) in [6, 6.07) is 4.72. The zero-order valence-electron chi connectivity index (χ0n) is 14.2. The van der Waals surface area contributed by atoms with Gasteiger partial charge in [0.05, 0.1) is 25.2 Å². The number of anilines is 1. The van der Waals surface area contributed by atoms with E-state index in [2.05, 4.69) is 15.6 Å². The second-order valence-electron chi connectivity index (χ2n) is 5.88. The van der Waals surface area contributed by atoms with Gasteiger partial charge in [0.1, 0.15) is 11.9 Å². The summed E-state index contributed by atoms with van der Waals surface area (Å²) >= 11 is 1.31. The highest BCUT2D eigenvalue weighted by molar-refractivity contribution is 7.13. The normalized spacial score (nSPS) is 21.6. The Morgan fingerprint density at radius 1 is 1.33 bits per heavy atom. The molecule has 2 amide bonds. The Balaban J connectivity index is 1.59. The van der Waals surface area contributed by atoms with Crippen LogP contribution in [-0.2, 0) is 9.53 Å². The van der Waals surface area contributed by atoms with Gasteiger partial charge >= 0.3 is 0 Å². The largest absolute Gasteiger partial charge is 0.394 e. The van der Waals surface area contributed by atoms with Gasteiger partial charge in [0.25, 0.3) is 5.91 Å². The van der Waals surface area contributed by atoms with Gasteiger partial charge in [-0.15, -0.1) is 11.3 Å². The number of thiazole rings is 1. The summed E-state index contributed by atoms with van der Waals surface area (Å²) < 4.78 is 19.0. The smallest absolute Gasteiger partial charge is 0.251 e. The third-order valence-electron chi connectivity index (χ3n) is 3.91. The molecule has 0 bridgehead atoms. The monoisotopic (exact) mass is 391 g/mol. The third-order valence-corrected chi connectivity index (χ3v) is 4.60. The summed E-state index contributed by atoms with van der Waals surface area (Å²) in [6.07, 6.45) is 3.71. The lowest BCUT2D eigenvalue weighted by Crippen LogP contribution is -2.48. The van der Waals surface area contributed by atoms with Crippen molar-refractivity contribution in [2.24, 2.45) is 0 Å². The van der Waals surface area contributed by atoms with E-state index in [9.17, 15) is 19.1 Å². The lowest BCUT2D eigenvalue weighted by molar-refractivity contribution is -0.120. The van der Waals surface area contributed by atoms with Crippen LogP contribution in [0.5, 0.6) is 0 Å². The minimum atomic E-state index is -0.717. The molecule has 0 fully saturated rings. The zero-order chi connectivity index (χ0) is 19.2. The lowest BCUT2D eigenvalue weighted by Gasteiger charge is -2.31. The molecule has 1 aliphatic heterocycles. The number of aliphatic hydroxyl groups is 1. The first-order valence-electron chi connectivity index (χ1n) is 8.25. The Hall–Kier alpha value is -2.62. The number of hydrogen-bond donors (Lipinski definition) is 3. The fraction of sp³-hybridized carbons (Fsp3) is 0.278. The highest BCUT2D eigenvalue weighted by atomic mass is 32.1. The van der Waals surface area contributed by atoms with Crippen molar-refractivity contribution in [2.45, 2.75) is 24.7 Å². The van der Waals surface area contributed by atoms with Crippen LogP contribution in [-0.4, -0.2) is 46.8 Å². The first-order valence-corrected chi connectivity index (χ1v) is 9.13. The van der Waals surface area contributed by atoms with E-state index in [1.807, 2.05) is 0 Å². The molecule has 2 aromatic rings. The van der Waals surface area contributed by atoms with Gasteiger partial charge in [0.15, 0.2) is 5.13 Å². The van der Waals surface area contributed by atoms with E-state index in [1.54, 1.807) is 23.7 Å². The summed E-state index contributed by atoms with van der Waals surface area (Å²) in [7, 11) is 0. The second kappa shape index (κ2) is 8.85. The van der Waals surface area contributed by atoms with Crippen molar-refractivity contribution in [3.63, 3.8) is 0 Å². The number of aliphatic hydroxyl groups excluding tert-OH is 1. The van der Waals surface area contributed by atoms with Crippen LogP contribution in [0.3, 0.4) is 0 Å². The van der Waals surface area contributed by atoms with Gasteiger partial charge in [0.2, 0.25) is 5.91 Å². The standard InChI is InChI=1S/C18H18FN3O4S/c19-12-3-1-2-11(8-12)17(25)21-14-5-4-13(26-15(14)10-23)9-16(24)22-18-20-6-7-27-18/h1-8,13-15,23H,9-10H2,(H,21,25)(H,20,22,24)/t13-,14-,15-/m0/s1. The predicted octanol–water partition coefficient (Wildman–Crippen LogP) is 1.73. The van der Waals surface area contributed by atoms with E-state index in [-0.39, 0.29) is 24.5 Å². The molecule has 0 unspecified atom stereocenters. The third kappa shape index (κ3) is 5.19. The fourth-order valence-electron chi connectivity index (χ4n) is 2.64. The Morgan fingerprint density at radius 2 is 2.19 bits per heavy atom. The maximum absolute atomic E-state index is 13.3. The van der Waals surface area contributed by atoms with Crippen molar-refractivity contribution in [2.75, 3.05) is 11.9 Å². The molecule has 0 saturated heterocycles. The first kappa shape index (κ1) is 19.2. The molecule has 3 rings (SSSR count). The number of ether oxygens (including phenoxy) is 1. The minimum Gasteiger partial charge on any atom is -0.394 e. The van der Waals surface area contributed by atoms with Crippen LogP contribution in [0, 0.1) is 5.82 Å². The van der Waals surface area contributed by atoms with Crippen molar-refractivity contribution in [1.29, 1.82) is 0 Å². The molecule has 0 spiro atoms. The van der Waals surface area contributed by atoms with E-state index >= 15 is 0 Å². The SMILES string of the molecule is O=C(C[C@@H]1C=C[C@H](NC(=O)c2cccc(F)c2)[C@H](CO)O1)Nc1nccs1. The van der Waals surface area contributed by atoms with Crippen molar-refractivity contribution < 1.29 is 23.8 Å². The van der Waals surface area contributed by atoms with Gasteiger partial charge in [-0.25, -0.2) is 9.37 Å². The van der Waals surface area contributed by atoms with E-state index in [4.69, 9.17) is 4.74 Å². The molecule has 27 heavy (non-hydrogen) atoms. The summed E-state index contributed by atoms with van der Waals surface area (Å²) in [6.45, 7) is -0.344. The van der Waals surface area contributed by atoms with Gasteiger partial charge in [-0.2, -0.15) is 0 Å². The number of carbonyl (C=O) groups is 2. The highest BCUT2D eigenvalue weighted by Gasteiger charge is 2.29. The number of carbonyl (C=O) groups excluding carboxylic acids is 2. The molecule has 1 aliphatic rings. The number of hydrogen-bond acceptors (Lipinski definition) is 6. The average Bonchev–Trinajstić information content (AvgIpc) is 3.15. The summed E-state index contributed by atoms with van der Waals surface area (Å²) in [5.74, 6) is -1.26. The minimum absolute atomic E-state index is 0.0527. The number of nitrogens with one attached hydrogen (secondary N) is 2. The van der Waals surface area contributed by atoms with Gasteiger partial charge in [-0.05, 0) is 18.2 Å². The number of nitrogens with zero attached hydrogens (tertiary/aromatic N) is 1. The van der Waals surface area contributed by atoms with Crippen molar-refractivity contribution in [1.82, 2.24) is 10.3 Å². The quantitative estimate of drug-likeness (QED) is 0.651. The second-order valence-corrected chi connectivity index (χ2v) is 6.77. The topological polar surface area (TPSA) is 101 Å². The number of amides is 2. The van der Waals surface area contributed by atoms with Gasteiger partial charge < -0.3 is 20.5 Å². The average molecular weight is 391 g/mol. The van der Waals surface area contributed by atoms with Crippen LogP contribution in [0.4, 0.5) is 9.52 Å². The van der Waals surface area contributed by atoms with Gasteiger partial charge in [-0.1, -0.05) is 18.2 Å². The lowest BCUT2D eigenvalue weighted by atomic mass is 10.0. The molecule has 2 heterocycles. The molecule has 0 saturated carbocycles. The highest BCUT2D eigenvalue weighted by Crippen LogP contribution is 2.18. The molecule has 3 N–H and O–H groups in total. The van der Waals surface area contributed by atoms with E-state index < -0.39 is 30.0 Å². The van der Waals surface area contributed by atoms with Crippen LogP contribution >= 0.6 is 11.3 Å². The Morgan fingerprint density at radius 3 is 2.89 bits per heavy atom. The number of halogens is 1. The Labute approximate surface area is 158 Å². The van der Waals surface area contributed by atoms with Gasteiger partial charge in [-0.3, -0.25) is 9.59 Å². The number of aromatic nitrogens is 1. The molecule has 9 heteroatoms. The Bertz CT molecular complexity index is 828. The summed E-state index contributed by atoms with van der Waals surface area (Å²) in [5, 5.41) is 17.2. The predicted molar refractivity (Wildman–Crippen MR) is 97.9 cm³/mol. The van der Waals surface area contributed by atoms with Crippen molar-refractivity contribution in [3.05, 3.63) is 59.4 Å². The van der Waals surface area contributed by atoms with Gasteiger partial charge in [0, 0.05) is 17.1 Å². The molecule has 0 aliphatic carbocycles. The van der Waals surface area contributed by atoms with E-state index in [0.717, 1.165) is 6.07 Å². The molecule has 0 radical (unpaired) electrons. The summed E-state index contributed by atoms with van der Waals surface area (Å²) in [5.41, 5.74) is 0.171. The van der Waals surface area contributed by atoms with E-state index in [0.29, 0.717) is 5.13 Å². The maximum Gasteiger partial charge on any atom is 0.251 e. The van der Waals surface area contributed by atoms with Crippen LogP contribution in [0.15, 0.2) is 48.0 Å². The summed E-state index contributed by atoms with van der Waals surface area (Å²) in [4.78, 5) is 28.2. The molecule has 3 atom stereocenters. The Kier molecular flexibility index (Phi) is 6.28. The molecule has 1 aromatic carbocycles. The number of benzene rings is 1. The molecule has 142 valence electrons. The number of rotatable bonds is 6. The molecule has 7 nitrogen and oxygen atoms in total. The van der Waals surface area contributed by atoms with Crippen LogP contribution in [0.2, 0.25) is 0 Å². The van der Waals surface area contributed by atoms with Crippen LogP contribution in [0.1, 0.15) is 16.8 Å². The first-order chi connectivity index (χ1) is 13.0. The van der Waals surface area contributed by atoms with Crippen molar-refractivity contribution in [3.8, 4) is 0 Å². The van der Waals surface area contributed by atoms with Crippen molar-refractivity contribution >= 4 is 28.3 Å². The molecular weight excluding hydrogens is 373 g/mol. The van der Waals surface area contributed by atoms with Crippen LogP contribution in [0.25, 0.3) is 0 Å². The molecule has 1 aromatic heterocycles. The van der Waals surface area contributed by atoms with Crippen LogP contribution < -0.4 is 10.6 Å². The fourth-order valence-corrected chi connectivity index (χ4v) is 3.18. The van der Waals surface area contributed by atoms with E-state index in [1.165, 1.54) is 29.5 Å². The maximum atomic E-state index is 13.3. The zero-order valence-corrected chi connectivity index (χ0v) is 15.0. The molecular formula is C18H18FN3O4S.